The first-order valence-electron chi connectivity index (χ1n) is 13.6. The number of tetrazole rings is 1. The summed E-state index contributed by atoms with van der Waals surface area (Å²) in [5, 5.41) is 18.8. The molecule has 44 heavy (non-hydrogen) atoms. The molecule has 2 aromatic heterocycles. The maximum Gasteiger partial charge on any atom is 0.412 e. The van der Waals surface area contributed by atoms with E-state index in [1.807, 2.05) is 0 Å². The Morgan fingerprint density at radius 1 is 1.18 bits per heavy atom. The average molecular weight is 629 g/mol. The van der Waals surface area contributed by atoms with Crippen molar-refractivity contribution in [3.8, 4) is 5.75 Å². The zero-order valence-corrected chi connectivity index (χ0v) is 24.1. The van der Waals surface area contributed by atoms with Crippen molar-refractivity contribution in [2.24, 2.45) is 0 Å². The number of aromatic nitrogens is 5. The van der Waals surface area contributed by atoms with Crippen LogP contribution in [0.5, 0.6) is 5.75 Å². The molecular weight excluding hydrogens is 602 g/mol. The second-order valence-electron chi connectivity index (χ2n) is 10.1. The number of halogens is 3. The van der Waals surface area contributed by atoms with Crippen molar-refractivity contribution < 1.29 is 32.7 Å². The lowest BCUT2D eigenvalue weighted by Crippen LogP contribution is -2.46. The van der Waals surface area contributed by atoms with Crippen LogP contribution in [0.3, 0.4) is 0 Å². The van der Waals surface area contributed by atoms with E-state index >= 15 is 0 Å². The summed E-state index contributed by atoms with van der Waals surface area (Å²) in [5.74, 6) is -1.56. The van der Waals surface area contributed by atoms with Gasteiger partial charge in [-0.3, -0.25) is 14.4 Å². The topological polar surface area (TPSA) is 164 Å². The molecule has 0 bridgehead atoms. The number of alkyl halides is 1. The van der Waals surface area contributed by atoms with E-state index < -0.39 is 35.9 Å². The smallest absolute Gasteiger partial charge is 0.410 e. The lowest BCUT2D eigenvalue weighted by atomic mass is 10.1. The van der Waals surface area contributed by atoms with Crippen LogP contribution in [0.1, 0.15) is 35.1 Å². The number of carbonyl (C=O) groups is 4. The Labute approximate surface area is 253 Å². The van der Waals surface area contributed by atoms with Crippen LogP contribution < -0.4 is 15.4 Å². The highest BCUT2D eigenvalue weighted by molar-refractivity contribution is 6.30. The molecule has 3 N–H and O–H groups in total. The summed E-state index contributed by atoms with van der Waals surface area (Å²) < 4.78 is 35.6. The first kappa shape index (κ1) is 30.5. The molecule has 230 valence electrons. The molecule has 2 aromatic carbocycles. The highest BCUT2D eigenvalue weighted by Gasteiger charge is 2.39. The predicted molar refractivity (Wildman–Crippen MR) is 152 cm³/mol. The number of hydrogen-bond donors (Lipinski definition) is 3. The molecule has 1 fully saturated rings. The molecule has 1 saturated heterocycles. The standard InChI is InChI=1S/C28H27ClF2N8O5/c1-15(40)20-13-38(22-6-5-18(10-19(20)22)44-28(43)32-8-7-24-34-36-37-35-24)14-25(41)39-12-17(30)9-23(39)27(42)33-11-16-3-2-4-21(29)26(16)31/h2-6,10,13,17,23H,7-9,11-12,14H2,1H3,(H,32,43)(H,33,42)(H,34,35,36,37)/t17-,23+/m1/s1. The molecule has 1 aliphatic heterocycles. The van der Waals surface area contributed by atoms with E-state index in [1.165, 1.54) is 48.0 Å². The molecule has 3 heterocycles. The number of aromatic amines is 1. The lowest BCUT2D eigenvalue weighted by Gasteiger charge is -2.24. The number of carbonyl (C=O) groups excluding carboxylic acids is 4. The number of benzene rings is 2. The molecule has 13 nitrogen and oxygen atoms in total. The fraction of sp³-hybridized carbons (Fsp3) is 0.321. The van der Waals surface area contributed by atoms with Crippen LogP contribution in [-0.4, -0.2) is 79.1 Å². The zero-order valence-electron chi connectivity index (χ0n) is 23.3. The van der Waals surface area contributed by atoms with Crippen LogP contribution in [0.4, 0.5) is 13.6 Å². The van der Waals surface area contributed by atoms with Crippen LogP contribution in [0.2, 0.25) is 5.02 Å². The Hall–Kier alpha value is -4.92. The summed E-state index contributed by atoms with van der Waals surface area (Å²) >= 11 is 5.80. The van der Waals surface area contributed by atoms with Crippen LogP contribution in [0, 0.1) is 5.82 Å². The van der Waals surface area contributed by atoms with Crippen molar-refractivity contribution in [3.05, 3.63) is 70.4 Å². The van der Waals surface area contributed by atoms with Gasteiger partial charge in [-0.1, -0.05) is 28.9 Å². The molecule has 0 aliphatic carbocycles. The van der Waals surface area contributed by atoms with E-state index in [4.69, 9.17) is 16.3 Å². The maximum atomic E-state index is 14.5. The first-order chi connectivity index (χ1) is 21.1. The van der Waals surface area contributed by atoms with E-state index in [0.717, 1.165) is 4.90 Å². The number of ketones is 1. The highest BCUT2D eigenvalue weighted by Crippen LogP contribution is 2.28. The first-order valence-corrected chi connectivity index (χ1v) is 13.9. The minimum atomic E-state index is -1.43. The largest absolute Gasteiger partial charge is 0.412 e. The third kappa shape index (κ3) is 6.83. The summed E-state index contributed by atoms with van der Waals surface area (Å²) in [6, 6.07) is 7.87. The average Bonchev–Trinajstić information content (AvgIpc) is 3.73. The fourth-order valence-electron chi connectivity index (χ4n) is 4.99. The Morgan fingerprint density at radius 2 is 2.00 bits per heavy atom. The maximum absolute atomic E-state index is 14.5. The van der Waals surface area contributed by atoms with Gasteiger partial charge in [-0.05, 0) is 31.2 Å². The van der Waals surface area contributed by atoms with Gasteiger partial charge in [0.25, 0.3) is 0 Å². The van der Waals surface area contributed by atoms with Crippen LogP contribution >= 0.6 is 11.6 Å². The van der Waals surface area contributed by atoms with E-state index in [1.54, 1.807) is 6.07 Å². The third-order valence-corrected chi connectivity index (χ3v) is 7.40. The van der Waals surface area contributed by atoms with Gasteiger partial charge in [-0.15, -0.1) is 10.2 Å². The molecule has 16 heteroatoms. The number of Topliss-reactive ketones (excluding diaryl/α,β-unsaturated/α-hetero) is 1. The number of rotatable bonds is 10. The Kier molecular flexibility index (Phi) is 9.13. The monoisotopic (exact) mass is 628 g/mol. The normalized spacial score (nSPS) is 16.2. The van der Waals surface area contributed by atoms with Crippen molar-refractivity contribution in [1.29, 1.82) is 0 Å². The Bertz CT molecular complexity index is 1710. The van der Waals surface area contributed by atoms with Crippen molar-refractivity contribution >= 4 is 46.2 Å². The fourth-order valence-corrected chi connectivity index (χ4v) is 5.18. The number of fused-ring (bicyclic) bond motifs is 1. The van der Waals surface area contributed by atoms with Gasteiger partial charge in [0.05, 0.1) is 11.6 Å². The number of likely N-dealkylation sites (tertiary alicyclic amines) is 1. The second-order valence-corrected chi connectivity index (χ2v) is 10.5. The third-order valence-electron chi connectivity index (χ3n) is 7.11. The molecule has 4 aromatic rings. The Balaban J connectivity index is 1.26. The van der Waals surface area contributed by atoms with Crippen LogP contribution in [0.15, 0.2) is 42.6 Å². The van der Waals surface area contributed by atoms with Gasteiger partial charge in [0.15, 0.2) is 11.6 Å². The van der Waals surface area contributed by atoms with E-state index in [2.05, 4.69) is 31.3 Å². The molecule has 5 rings (SSSR count). The lowest BCUT2D eigenvalue weighted by molar-refractivity contribution is -0.139. The van der Waals surface area contributed by atoms with Gasteiger partial charge in [0, 0.05) is 54.2 Å². The second kappa shape index (κ2) is 13.2. The summed E-state index contributed by atoms with van der Waals surface area (Å²) in [7, 11) is 0. The number of hydrogen-bond acceptors (Lipinski definition) is 8. The quantitative estimate of drug-likeness (QED) is 0.226. The number of nitrogens with zero attached hydrogens (tertiary/aromatic N) is 5. The highest BCUT2D eigenvalue weighted by atomic mass is 35.5. The molecule has 0 radical (unpaired) electrons. The summed E-state index contributed by atoms with van der Waals surface area (Å²) in [6.07, 6.45) is -0.550. The van der Waals surface area contributed by atoms with E-state index in [0.29, 0.717) is 23.1 Å². The SMILES string of the molecule is CC(=O)c1cn(CC(=O)N2C[C@H](F)C[C@H]2C(=O)NCc2cccc(Cl)c2F)c2ccc(OC(=O)NCCc3nn[nH]n3)cc12. The molecule has 0 spiro atoms. The van der Waals surface area contributed by atoms with Crippen LogP contribution in [-0.2, 0) is 29.1 Å². The zero-order chi connectivity index (χ0) is 31.4. The van der Waals surface area contributed by atoms with E-state index in [9.17, 15) is 28.0 Å². The van der Waals surface area contributed by atoms with Gasteiger partial charge in [-0.2, -0.15) is 5.21 Å². The van der Waals surface area contributed by atoms with Crippen LogP contribution in [0.25, 0.3) is 10.9 Å². The number of H-pyrrole nitrogens is 1. The number of nitrogens with one attached hydrogen (secondary N) is 3. The van der Waals surface area contributed by atoms with Gasteiger partial charge in [0.1, 0.15) is 30.3 Å². The minimum Gasteiger partial charge on any atom is -0.410 e. The minimum absolute atomic E-state index is 0.0963. The molecule has 0 saturated carbocycles. The number of ether oxygens (including phenoxy) is 1. The van der Waals surface area contributed by atoms with Gasteiger partial charge >= 0.3 is 6.09 Å². The van der Waals surface area contributed by atoms with Crippen molar-refractivity contribution in [2.75, 3.05) is 13.1 Å². The summed E-state index contributed by atoms with van der Waals surface area (Å²) in [4.78, 5) is 52.2. The summed E-state index contributed by atoms with van der Waals surface area (Å²) in [6.45, 7) is 0.786. The molecule has 2 atom stereocenters. The van der Waals surface area contributed by atoms with Crippen molar-refractivity contribution in [3.63, 3.8) is 0 Å². The molecule has 3 amide bonds. The number of amides is 3. The van der Waals surface area contributed by atoms with Gasteiger partial charge in [-0.25, -0.2) is 13.6 Å². The predicted octanol–water partition coefficient (Wildman–Crippen LogP) is 2.74. The van der Waals surface area contributed by atoms with E-state index in [-0.39, 0.29) is 60.3 Å². The van der Waals surface area contributed by atoms with Gasteiger partial charge < -0.3 is 24.8 Å². The molecular formula is C28H27ClF2N8O5. The molecule has 0 unspecified atom stereocenters. The van der Waals surface area contributed by atoms with Crippen molar-refractivity contribution in [2.45, 2.75) is 45.1 Å². The van der Waals surface area contributed by atoms with Gasteiger partial charge in [0.2, 0.25) is 11.8 Å². The Morgan fingerprint density at radius 3 is 2.75 bits per heavy atom. The summed E-state index contributed by atoms with van der Waals surface area (Å²) in [5.41, 5.74) is 0.916. The van der Waals surface area contributed by atoms with Crippen molar-refractivity contribution in [1.82, 2.24) is 40.7 Å². The molecule has 1 aliphatic rings.